The zero-order chi connectivity index (χ0) is 28.1. The van der Waals surface area contributed by atoms with Crippen LogP contribution in [0.3, 0.4) is 0 Å². The van der Waals surface area contributed by atoms with Gasteiger partial charge in [0.15, 0.2) is 5.82 Å². The number of amides is 2. The molecule has 2 aromatic heterocycles. The van der Waals surface area contributed by atoms with Gasteiger partial charge in [-0.2, -0.15) is 10.2 Å². The molecule has 6 rings (SSSR count). The Bertz CT molecular complexity index is 1460. The number of fused-ring (bicyclic) bond motifs is 2. The van der Waals surface area contributed by atoms with Crippen LogP contribution in [0.1, 0.15) is 61.0 Å². The number of hydrogen-bond donors (Lipinski definition) is 1. The number of alkyl halides is 2. The van der Waals surface area contributed by atoms with Crippen molar-refractivity contribution >= 4 is 23.5 Å². The lowest BCUT2D eigenvalue weighted by Gasteiger charge is -2.33. The maximum absolute atomic E-state index is 14.4. The normalized spacial score (nSPS) is 17.8. The predicted octanol–water partition coefficient (Wildman–Crippen LogP) is 4.53. The summed E-state index contributed by atoms with van der Waals surface area (Å²) in [6, 6.07) is 3.51. The van der Waals surface area contributed by atoms with Crippen LogP contribution in [0.15, 0.2) is 24.5 Å². The van der Waals surface area contributed by atoms with E-state index >= 15 is 0 Å². The summed E-state index contributed by atoms with van der Waals surface area (Å²) >= 11 is 0. The second-order valence-corrected chi connectivity index (χ2v) is 10.9. The molecule has 0 radical (unpaired) electrons. The number of nitrogens with zero attached hydrogens (tertiary/aromatic N) is 7. The first-order valence-electron chi connectivity index (χ1n) is 13.8. The Labute approximate surface area is 230 Å². The lowest BCUT2D eigenvalue weighted by Crippen LogP contribution is -2.39. The van der Waals surface area contributed by atoms with E-state index in [1.165, 1.54) is 4.90 Å². The van der Waals surface area contributed by atoms with Gasteiger partial charge in [-0.1, -0.05) is 0 Å². The van der Waals surface area contributed by atoms with Gasteiger partial charge in [-0.25, -0.2) is 13.6 Å². The maximum Gasteiger partial charge on any atom is 0.407 e. The highest BCUT2D eigenvalue weighted by atomic mass is 19.3. The predicted molar refractivity (Wildman–Crippen MR) is 144 cm³/mol. The van der Waals surface area contributed by atoms with E-state index in [-0.39, 0.29) is 17.5 Å². The van der Waals surface area contributed by atoms with Gasteiger partial charge in [-0.15, -0.1) is 0 Å². The molecular formula is C28H33F2N7O3. The molecule has 0 atom stereocenters. The molecule has 12 heteroatoms. The fraction of sp³-hybridized carbons (Fsp3) is 0.500. The van der Waals surface area contributed by atoms with Gasteiger partial charge in [0.25, 0.3) is 6.43 Å². The number of benzene rings is 1. The molecule has 3 aliphatic heterocycles. The first-order chi connectivity index (χ1) is 19.2. The number of anilines is 2. The Morgan fingerprint density at radius 1 is 1.07 bits per heavy atom. The molecule has 5 heterocycles. The summed E-state index contributed by atoms with van der Waals surface area (Å²) in [5, 5.41) is 18.7. The highest BCUT2D eigenvalue weighted by molar-refractivity contribution is 5.78. The van der Waals surface area contributed by atoms with Crippen LogP contribution in [0.5, 0.6) is 0 Å². The van der Waals surface area contributed by atoms with E-state index in [4.69, 9.17) is 5.10 Å². The van der Waals surface area contributed by atoms with Gasteiger partial charge in [-0.3, -0.25) is 14.2 Å². The van der Waals surface area contributed by atoms with Crippen LogP contribution >= 0.6 is 0 Å². The topological polar surface area (TPSA) is 99.7 Å². The quantitative estimate of drug-likeness (QED) is 0.510. The SMILES string of the molecule is CC(=O)N1CCc2c(c(N3CCCc4cc(-c5cnn(C)c5)c(C(F)F)cc43)nn2C2CCN(C(=O)O)CC2)C1. The summed E-state index contributed by atoms with van der Waals surface area (Å²) in [5.74, 6) is 0.691. The number of halogens is 2. The van der Waals surface area contributed by atoms with Crippen molar-refractivity contribution in [3.63, 3.8) is 0 Å². The summed E-state index contributed by atoms with van der Waals surface area (Å²) in [6.07, 6.45) is 3.32. The van der Waals surface area contributed by atoms with Crippen molar-refractivity contribution in [1.29, 1.82) is 0 Å². The molecule has 212 valence electrons. The number of carboxylic acid groups (broad SMARTS) is 1. The average molecular weight is 554 g/mol. The lowest BCUT2D eigenvalue weighted by atomic mass is 9.92. The van der Waals surface area contributed by atoms with Crippen LogP contribution < -0.4 is 4.90 Å². The van der Waals surface area contributed by atoms with E-state index in [2.05, 4.69) is 5.10 Å². The fourth-order valence-electron chi connectivity index (χ4n) is 6.38. The molecule has 0 bridgehead atoms. The van der Waals surface area contributed by atoms with E-state index in [0.717, 1.165) is 35.3 Å². The second-order valence-electron chi connectivity index (χ2n) is 10.9. The number of aromatic nitrogens is 4. The third kappa shape index (κ3) is 4.58. The van der Waals surface area contributed by atoms with Crippen molar-refractivity contribution in [2.24, 2.45) is 7.05 Å². The number of piperidine rings is 1. The molecule has 3 aliphatic rings. The number of carbonyl (C=O) groups is 2. The lowest BCUT2D eigenvalue weighted by molar-refractivity contribution is -0.129. The van der Waals surface area contributed by atoms with Crippen LogP contribution in [-0.2, 0) is 31.2 Å². The molecule has 1 aromatic carbocycles. The van der Waals surface area contributed by atoms with Gasteiger partial charge in [-0.05, 0) is 48.9 Å². The summed E-state index contributed by atoms with van der Waals surface area (Å²) in [6.45, 7) is 4.05. The van der Waals surface area contributed by atoms with Gasteiger partial charge in [0.1, 0.15) is 0 Å². The zero-order valence-corrected chi connectivity index (χ0v) is 22.7. The first-order valence-corrected chi connectivity index (χ1v) is 13.8. The van der Waals surface area contributed by atoms with Crippen molar-refractivity contribution in [1.82, 2.24) is 29.4 Å². The minimum absolute atomic E-state index is 0.0146. The molecule has 0 unspecified atom stereocenters. The minimum atomic E-state index is -2.66. The van der Waals surface area contributed by atoms with Crippen LogP contribution in [0.2, 0.25) is 0 Å². The highest BCUT2D eigenvalue weighted by Gasteiger charge is 2.35. The number of rotatable bonds is 4. The van der Waals surface area contributed by atoms with Gasteiger partial charge in [0, 0.05) is 80.8 Å². The minimum Gasteiger partial charge on any atom is -0.465 e. The largest absolute Gasteiger partial charge is 0.465 e. The van der Waals surface area contributed by atoms with E-state index < -0.39 is 12.5 Å². The number of hydrogen-bond acceptors (Lipinski definition) is 5. The van der Waals surface area contributed by atoms with Crippen LogP contribution in [0, 0.1) is 0 Å². The average Bonchev–Trinajstić information content (AvgIpc) is 3.55. The monoisotopic (exact) mass is 553 g/mol. The first kappa shape index (κ1) is 26.3. The van der Waals surface area contributed by atoms with E-state index in [0.29, 0.717) is 68.9 Å². The smallest absolute Gasteiger partial charge is 0.407 e. The molecule has 1 fully saturated rings. The molecular weight excluding hydrogens is 520 g/mol. The summed E-state index contributed by atoms with van der Waals surface area (Å²) in [7, 11) is 1.76. The van der Waals surface area contributed by atoms with Crippen molar-refractivity contribution < 1.29 is 23.5 Å². The van der Waals surface area contributed by atoms with E-state index in [1.807, 2.05) is 15.6 Å². The molecule has 1 N–H and O–H groups in total. The fourth-order valence-corrected chi connectivity index (χ4v) is 6.38. The third-order valence-corrected chi connectivity index (χ3v) is 8.47. The summed E-state index contributed by atoms with van der Waals surface area (Å²) < 4.78 is 32.5. The third-order valence-electron chi connectivity index (χ3n) is 8.47. The van der Waals surface area contributed by atoms with Crippen molar-refractivity contribution in [2.75, 3.05) is 31.1 Å². The molecule has 1 saturated heterocycles. The van der Waals surface area contributed by atoms with Crippen LogP contribution in [-0.4, -0.2) is 72.6 Å². The van der Waals surface area contributed by atoms with Crippen molar-refractivity contribution in [3.05, 3.63) is 46.9 Å². The zero-order valence-electron chi connectivity index (χ0n) is 22.7. The standard InChI is InChI=1S/C28H33F2N7O3/c1-17(38)35-11-7-24-23(16-35)27(32-37(24)20-5-9-34(10-6-20)28(39)40)36-8-3-4-18-12-21(19-14-31-33(2)15-19)22(26(29)30)13-25(18)36/h12-15,20,26H,3-11,16H2,1-2H3,(H,39,40). The molecule has 0 saturated carbocycles. The molecule has 3 aromatic rings. The second kappa shape index (κ2) is 10.2. The van der Waals surface area contributed by atoms with Gasteiger partial charge in [0.05, 0.1) is 18.8 Å². The Kier molecular flexibility index (Phi) is 6.71. The molecule has 0 spiro atoms. The van der Waals surface area contributed by atoms with E-state index in [1.54, 1.807) is 42.0 Å². The molecule has 10 nitrogen and oxygen atoms in total. The van der Waals surface area contributed by atoms with Crippen molar-refractivity contribution in [3.8, 4) is 11.1 Å². The molecule has 2 amide bonds. The molecule has 40 heavy (non-hydrogen) atoms. The Balaban J connectivity index is 1.43. The van der Waals surface area contributed by atoms with Crippen LogP contribution in [0.25, 0.3) is 11.1 Å². The van der Waals surface area contributed by atoms with E-state index in [9.17, 15) is 23.5 Å². The maximum atomic E-state index is 14.4. The summed E-state index contributed by atoms with van der Waals surface area (Å²) in [5.41, 5.74) is 4.81. The Morgan fingerprint density at radius 3 is 2.50 bits per heavy atom. The highest BCUT2D eigenvalue weighted by Crippen LogP contribution is 2.43. The number of likely N-dealkylation sites (tertiary alicyclic amines) is 1. The van der Waals surface area contributed by atoms with Gasteiger partial charge < -0.3 is 19.8 Å². The number of carbonyl (C=O) groups excluding carboxylic acids is 1. The number of aryl methyl sites for hydroxylation is 2. The van der Waals surface area contributed by atoms with Gasteiger partial charge in [0.2, 0.25) is 5.91 Å². The Morgan fingerprint density at radius 2 is 1.85 bits per heavy atom. The molecule has 0 aliphatic carbocycles. The van der Waals surface area contributed by atoms with Crippen molar-refractivity contribution in [2.45, 2.75) is 58.0 Å². The van der Waals surface area contributed by atoms with Crippen LogP contribution in [0.4, 0.5) is 25.1 Å². The Hall–Kier alpha value is -3.96. The van der Waals surface area contributed by atoms with Gasteiger partial charge >= 0.3 is 6.09 Å². The summed E-state index contributed by atoms with van der Waals surface area (Å²) in [4.78, 5) is 29.1.